The van der Waals surface area contributed by atoms with Gasteiger partial charge in [-0.25, -0.2) is 0 Å². The number of hydrogen-bond donors (Lipinski definition) is 0. The second kappa shape index (κ2) is 15.5. The van der Waals surface area contributed by atoms with Crippen molar-refractivity contribution in [2.45, 2.75) is 139 Å². The Morgan fingerprint density at radius 3 is 1.77 bits per heavy atom. The van der Waals surface area contributed by atoms with Crippen LogP contribution in [-0.4, -0.2) is 74.7 Å². The Bertz CT molecular complexity index is 747. The summed E-state index contributed by atoms with van der Waals surface area (Å²) in [5.74, 6) is 0.0340. The quantitative estimate of drug-likeness (QED) is 0.0851. The van der Waals surface area contributed by atoms with E-state index in [1.165, 1.54) is 0 Å². The molecule has 0 aliphatic carbocycles. The van der Waals surface area contributed by atoms with Crippen molar-refractivity contribution in [3.05, 3.63) is 0 Å². The van der Waals surface area contributed by atoms with E-state index < -0.39 is 7.26 Å². The Morgan fingerprint density at radius 2 is 1.30 bits per heavy atom. The van der Waals surface area contributed by atoms with Crippen molar-refractivity contribution in [2.75, 3.05) is 46.1 Å². The van der Waals surface area contributed by atoms with Crippen molar-refractivity contribution in [1.82, 2.24) is 0 Å². The molecule has 0 saturated carbocycles. The van der Waals surface area contributed by atoms with Crippen LogP contribution in [-0.2, 0) is 28.5 Å². The van der Waals surface area contributed by atoms with Crippen molar-refractivity contribution in [3.63, 3.8) is 0 Å². The standard InChI is InChI=1S/C33H68O6P/c1-25(2)27(22-29(5,6)7)28(34)35-20-21-37-31(10,11)18-19-38-33(14,15)40(16,17)24-39-32(12,13)30(8,9)23-36-26(3)4/h25-27H,18-24H2,1-17H3/q+1. The van der Waals surface area contributed by atoms with E-state index in [0.717, 1.165) is 12.8 Å². The zero-order valence-corrected chi connectivity index (χ0v) is 30.5. The summed E-state index contributed by atoms with van der Waals surface area (Å²) in [7, 11) is -1.59. The van der Waals surface area contributed by atoms with Gasteiger partial charge in [0.25, 0.3) is 0 Å². The number of hydrogen-bond acceptors (Lipinski definition) is 6. The number of esters is 1. The molecule has 1 unspecified atom stereocenters. The lowest BCUT2D eigenvalue weighted by atomic mass is 9.78. The van der Waals surface area contributed by atoms with Gasteiger partial charge in [0.2, 0.25) is 0 Å². The topological polar surface area (TPSA) is 63.2 Å². The zero-order chi connectivity index (χ0) is 31.8. The third kappa shape index (κ3) is 14.3. The largest absolute Gasteiger partial charge is 0.463 e. The Kier molecular flexibility index (Phi) is 15.4. The van der Waals surface area contributed by atoms with Gasteiger partial charge in [0.05, 0.1) is 63.6 Å². The predicted molar refractivity (Wildman–Crippen MR) is 172 cm³/mol. The molecule has 0 bridgehead atoms. The van der Waals surface area contributed by atoms with Crippen LogP contribution in [0.4, 0.5) is 0 Å². The van der Waals surface area contributed by atoms with Crippen LogP contribution in [0.3, 0.4) is 0 Å². The van der Waals surface area contributed by atoms with Gasteiger partial charge in [-0.1, -0.05) is 48.5 Å². The molecule has 7 heteroatoms. The molecule has 0 radical (unpaired) electrons. The molecule has 6 nitrogen and oxygen atoms in total. The van der Waals surface area contributed by atoms with Gasteiger partial charge in [0, 0.05) is 5.41 Å². The van der Waals surface area contributed by atoms with E-state index in [2.05, 4.69) is 117 Å². The fourth-order valence-corrected chi connectivity index (χ4v) is 5.23. The molecule has 0 N–H and O–H groups in total. The van der Waals surface area contributed by atoms with Crippen LogP contribution in [0.5, 0.6) is 0 Å². The Morgan fingerprint density at radius 1 is 0.750 bits per heavy atom. The predicted octanol–water partition coefficient (Wildman–Crippen LogP) is 8.66. The van der Waals surface area contributed by atoms with Gasteiger partial charge in [0.15, 0.2) is 11.7 Å². The van der Waals surface area contributed by atoms with Crippen LogP contribution < -0.4 is 0 Å². The fraction of sp³-hybridized carbons (Fsp3) is 0.970. The third-order valence-corrected chi connectivity index (χ3v) is 12.4. The summed E-state index contributed by atoms with van der Waals surface area (Å²) < 4.78 is 30.7. The highest BCUT2D eigenvalue weighted by atomic mass is 31.2. The van der Waals surface area contributed by atoms with Gasteiger partial charge >= 0.3 is 5.97 Å². The van der Waals surface area contributed by atoms with Crippen LogP contribution in [0.15, 0.2) is 0 Å². The summed E-state index contributed by atoms with van der Waals surface area (Å²) in [6, 6.07) is 0. The average molecular weight is 592 g/mol. The van der Waals surface area contributed by atoms with Crippen LogP contribution in [0.25, 0.3) is 0 Å². The summed E-state index contributed by atoms with van der Waals surface area (Å²) >= 11 is 0. The highest BCUT2D eigenvalue weighted by Gasteiger charge is 2.48. The summed E-state index contributed by atoms with van der Waals surface area (Å²) in [6.07, 6.45) is 2.44. The number of ether oxygens (including phenoxy) is 5. The molecule has 0 rings (SSSR count). The van der Waals surface area contributed by atoms with E-state index in [-0.39, 0.29) is 57.9 Å². The first-order valence-electron chi connectivity index (χ1n) is 15.3. The van der Waals surface area contributed by atoms with Gasteiger partial charge in [-0.3, -0.25) is 4.79 Å². The normalized spacial score (nSPS) is 15.2. The van der Waals surface area contributed by atoms with Crippen molar-refractivity contribution in [3.8, 4) is 0 Å². The Balaban J connectivity index is 4.78. The second-order valence-corrected chi connectivity index (χ2v) is 20.9. The summed E-state index contributed by atoms with van der Waals surface area (Å²) in [4.78, 5) is 12.7. The average Bonchev–Trinajstić information content (AvgIpc) is 2.76. The minimum atomic E-state index is -1.59. The molecule has 240 valence electrons. The first-order valence-corrected chi connectivity index (χ1v) is 18.2. The van der Waals surface area contributed by atoms with Crippen LogP contribution in [0, 0.1) is 22.7 Å². The van der Waals surface area contributed by atoms with Crippen molar-refractivity contribution in [1.29, 1.82) is 0 Å². The summed E-state index contributed by atoms with van der Waals surface area (Å²) in [5.41, 5.74) is -0.762. The van der Waals surface area contributed by atoms with E-state index >= 15 is 0 Å². The van der Waals surface area contributed by atoms with E-state index in [1.54, 1.807) is 0 Å². The number of carbonyl (C=O) groups is 1. The monoisotopic (exact) mass is 591 g/mol. The molecule has 0 fully saturated rings. The molecule has 0 amide bonds. The molecule has 0 saturated heterocycles. The molecule has 0 heterocycles. The minimum absolute atomic E-state index is 0.0818. The Labute approximate surface area is 249 Å². The van der Waals surface area contributed by atoms with Gasteiger partial charge in [-0.15, -0.1) is 0 Å². The first kappa shape index (κ1) is 39.7. The lowest BCUT2D eigenvalue weighted by Gasteiger charge is -2.43. The molecular formula is C33H68O6P+. The van der Waals surface area contributed by atoms with E-state index in [1.807, 2.05) is 0 Å². The van der Waals surface area contributed by atoms with Crippen LogP contribution in [0.1, 0.15) is 117 Å². The lowest BCUT2D eigenvalue weighted by molar-refractivity contribution is -0.155. The molecule has 0 aromatic carbocycles. The fourth-order valence-electron chi connectivity index (χ4n) is 3.83. The van der Waals surface area contributed by atoms with Gasteiger partial charge in [-0.2, -0.15) is 0 Å². The highest BCUT2D eigenvalue weighted by molar-refractivity contribution is 7.75. The van der Waals surface area contributed by atoms with Crippen molar-refractivity contribution in [2.24, 2.45) is 22.7 Å². The molecule has 40 heavy (non-hydrogen) atoms. The molecule has 0 aromatic rings. The highest BCUT2D eigenvalue weighted by Crippen LogP contribution is 2.64. The number of carbonyl (C=O) groups excluding carboxylic acids is 1. The van der Waals surface area contributed by atoms with Crippen molar-refractivity contribution >= 4 is 13.2 Å². The molecule has 0 aliphatic heterocycles. The molecule has 0 spiro atoms. The SMILES string of the molecule is CC(C)OCC(C)(C)C(C)(C)OC[P+](C)(C)C(C)(C)OCCC(C)(C)OCCOC(=O)C(CC(C)(C)C)C(C)C. The number of rotatable bonds is 19. The zero-order valence-electron chi connectivity index (χ0n) is 29.6. The van der Waals surface area contributed by atoms with Crippen LogP contribution >= 0.6 is 7.26 Å². The first-order chi connectivity index (χ1) is 17.8. The Hall–Kier alpha value is -0.260. The van der Waals surface area contributed by atoms with E-state index in [9.17, 15) is 4.79 Å². The van der Waals surface area contributed by atoms with E-state index in [4.69, 9.17) is 23.7 Å². The lowest BCUT2D eigenvalue weighted by Crippen LogP contribution is -2.46. The maximum atomic E-state index is 12.7. The molecule has 0 aliphatic rings. The third-order valence-electron chi connectivity index (χ3n) is 8.53. The van der Waals surface area contributed by atoms with Gasteiger partial charge in [-0.05, 0) is 79.6 Å². The molecular weight excluding hydrogens is 523 g/mol. The van der Waals surface area contributed by atoms with Gasteiger partial charge in [0.1, 0.15) is 6.61 Å². The second-order valence-electron chi connectivity index (χ2n) is 16.1. The maximum Gasteiger partial charge on any atom is 0.309 e. The summed E-state index contributed by atoms with van der Waals surface area (Å²) in [5, 5.41) is -0.299. The molecule has 1 atom stereocenters. The van der Waals surface area contributed by atoms with E-state index in [0.29, 0.717) is 26.2 Å². The minimum Gasteiger partial charge on any atom is -0.463 e. The van der Waals surface area contributed by atoms with Crippen molar-refractivity contribution < 1.29 is 28.5 Å². The van der Waals surface area contributed by atoms with Gasteiger partial charge < -0.3 is 23.7 Å². The maximum absolute atomic E-state index is 12.7. The van der Waals surface area contributed by atoms with Crippen LogP contribution in [0.2, 0.25) is 0 Å². The molecule has 0 aromatic heterocycles. The smallest absolute Gasteiger partial charge is 0.309 e. The summed E-state index contributed by atoms with van der Waals surface area (Å²) in [6.45, 7) is 38.5.